The Bertz CT molecular complexity index is 547. The third-order valence-electron chi connectivity index (χ3n) is 3.71. The number of carbonyl (C=O) groups excluding carboxylic acids is 1. The van der Waals surface area contributed by atoms with Crippen molar-refractivity contribution in [1.82, 2.24) is 4.90 Å². The number of carboxylic acids is 1. The van der Waals surface area contributed by atoms with Crippen LogP contribution in [-0.4, -0.2) is 33.7 Å². The van der Waals surface area contributed by atoms with Crippen LogP contribution < -0.4 is 0 Å². The van der Waals surface area contributed by atoms with Gasteiger partial charge in [-0.1, -0.05) is 28.1 Å². The Morgan fingerprint density at radius 2 is 2.11 bits per heavy atom. The van der Waals surface area contributed by atoms with Crippen molar-refractivity contribution in [2.45, 2.75) is 23.8 Å². The lowest BCUT2D eigenvalue weighted by Crippen LogP contribution is -2.45. The molecule has 0 spiro atoms. The van der Waals surface area contributed by atoms with Gasteiger partial charge in [0.25, 0.3) is 0 Å². The highest BCUT2D eigenvalue weighted by atomic mass is 79.9. The molecule has 1 amide bonds. The zero-order valence-electron chi connectivity index (χ0n) is 10.0. The van der Waals surface area contributed by atoms with Crippen molar-refractivity contribution >= 4 is 39.6 Å². The maximum absolute atomic E-state index is 12.1. The molecule has 2 fully saturated rings. The number of carbonyl (C=O) groups is 2. The number of benzene rings is 1. The molecule has 2 aliphatic rings. The van der Waals surface area contributed by atoms with Crippen LogP contribution in [0.25, 0.3) is 0 Å². The number of nitrogens with zero attached hydrogens (tertiary/aromatic N) is 1. The fourth-order valence-corrected chi connectivity index (χ4v) is 4.74. The average Bonchev–Trinajstić information content (AvgIpc) is 2.90. The average molecular weight is 342 g/mol. The van der Waals surface area contributed by atoms with E-state index in [1.807, 2.05) is 24.3 Å². The highest BCUT2D eigenvalue weighted by Crippen LogP contribution is 2.54. The number of aliphatic carboxylic acids is 1. The van der Waals surface area contributed by atoms with Gasteiger partial charge in [0.2, 0.25) is 5.91 Å². The maximum Gasteiger partial charge on any atom is 0.327 e. The largest absolute Gasteiger partial charge is 0.480 e. The number of halogens is 1. The Labute approximate surface area is 123 Å². The lowest BCUT2D eigenvalue weighted by Gasteiger charge is -2.33. The summed E-state index contributed by atoms with van der Waals surface area (Å²) >= 11 is 4.96. The summed E-state index contributed by atoms with van der Waals surface area (Å²) in [6.07, 6.45) is 1.11. The van der Waals surface area contributed by atoms with Gasteiger partial charge in [-0.05, 0) is 24.1 Å². The van der Waals surface area contributed by atoms with E-state index in [0.29, 0.717) is 18.6 Å². The molecule has 0 aliphatic carbocycles. The van der Waals surface area contributed by atoms with Crippen LogP contribution in [0.5, 0.6) is 0 Å². The highest BCUT2D eigenvalue weighted by molar-refractivity contribution is 9.10. The molecular formula is C13H12BrNO3S. The van der Waals surface area contributed by atoms with E-state index in [0.717, 1.165) is 10.0 Å². The van der Waals surface area contributed by atoms with E-state index in [2.05, 4.69) is 15.9 Å². The van der Waals surface area contributed by atoms with E-state index in [9.17, 15) is 14.7 Å². The molecule has 1 N–H and O–H groups in total. The summed E-state index contributed by atoms with van der Waals surface area (Å²) in [5.41, 5.74) is 1.01. The van der Waals surface area contributed by atoms with Gasteiger partial charge >= 0.3 is 5.97 Å². The summed E-state index contributed by atoms with van der Waals surface area (Å²) in [7, 11) is 0. The highest BCUT2D eigenvalue weighted by Gasteiger charge is 2.56. The van der Waals surface area contributed by atoms with Gasteiger partial charge in [-0.2, -0.15) is 0 Å². The van der Waals surface area contributed by atoms with E-state index in [4.69, 9.17) is 0 Å². The minimum absolute atomic E-state index is 0.0553. The molecule has 0 unspecified atom stereocenters. The monoisotopic (exact) mass is 341 g/mol. The van der Waals surface area contributed by atoms with Crippen molar-refractivity contribution in [2.24, 2.45) is 0 Å². The third-order valence-corrected chi connectivity index (χ3v) is 5.83. The summed E-state index contributed by atoms with van der Waals surface area (Å²) in [4.78, 5) is 24.4. The molecular weight excluding hydrogens is 330 g/mol. The molecule has 2 aliphatic heterocycles. The van der Waals surface area contributed by atoms with Crippen LogP contribution in [0, 0.1) is 0 Å². The van der Waals surface area contributed by atoms with Crippen LogP contribution in [0.15, 0.2) is 28.7 Å². The standard InChI is InChI=1S/C13H12BrNO3S/c14-9-3-1-8(2-4-9)13-6-5-11(16)15(13)10(7-19-13)12(17)18/h1-4,10H,5-7H2,(H,17,18)/t10-,13-/m1/s1. The second kappa shape index (κ2) is 4.52. The van der Waals surface area contributed by atoms with Crippen molar-refractivity contribution < 1.29 is 14.7 Å². The van der Waals surface area contributed by atoms with Crippen molar-refractivity contribution in [3.05, 3.63) is 34.3 Å². The minimum atomic E-state index is -0.915. The molecule has 0 bridgehead atoms. The van der Waals surface area contributed by atoms with E-state index in [1.165, 1.54) is 0 Å². The first kappa shape index (κ1) is 13.0. The van der Waals surface area contributed by atoms with Gasteiger partial charge in [0.05, 0.1) is 0 Å². The van der Waals surface area contributed by atoms with Crippen molar-refractivity contribution in [3.8, 4) is 0 Å². The van der Waals surface area contributed by atoms with E-state index in [-0.39, 0.29) is 5.91 Å². The number of fused-ring (bicyclic) bond motifs is 1. The molecule has 3 rings (SSSR count). The van der Waals surface area contributed by atoms with Gasteiger partial charge in [-0.25, -0.2) is 4.79 Å². The number of carboxylic acid groups (broad SMARTS) is 1. The molecule has 0 saturated carbocycles. The Morgan fingerprint density at radius 3 is 2.74 bits per heavy atom. The summed E-state index contributed by atoms with van der Waals surface area (Å²) in [5, 5.41) is 9.27. The van der Waals surface area contributed by atoms with E-state index in [1.54, 1.807) is 16.7 Å². The summed E-state index contributed by atoms with van der Waals surface area (Å²) in [5.74, 6) is -0.515. The zero-order valence-corrected chi connectivity index (χ0v) is 12.4. The number of rotatable bonds is 2. The van der Waals surface area contributed by atoms with Gasteiger partial charge in [0.15, 0.2) is 0 Å². The van der Waals surface area contributed by atoms with Crippen molar-refractivity contribution in [3.63, 3.8) is 0 Å². The Hall–Kier alpha value is -1.01. The number of thioether (sulfide) groups is 1. The molecule has 6 heteroatoms. The Balaban J connectivity index is 2.05. The molecule has 2 heterocycles. The fraction of sp³-hybridized carbons (Fsp3) is 0.385. The number of amides is 1. The molecule has 2 atom stereocenters. The van der Waals surface area contributed by atoms with Gasteiger partial charge < -0.3 is 10.0 Å². The van der Waals surface area contributed by atoms with Crippen molar-refractivity contribution in [1.29, 1.82) is 0 Å². The normalized spacial score (nSPS) is 29.6. The van der Waals surface area contributed by atoms with Gasteiger partial charge in [0, 0.05) is 16.6 Å². The van der Waals surface area contributed by atoms with Crippen LogP contribution in [0.3, 0.4) is 0 Å². The maximum atomic E-state index is 12.1. The quantitative estimate of drug-likeness (QED) is 0.897. The molecule has 100 valence electrons. The smallest absolute Gasteiger partial charge is 0.327 e. The van der Waals surface area contributed by atoms with E-state index >= 15 is 0 Å². The Morgan fingerprint density at radius 1 is 1.42 bits per heavy atom. The van der Waals surface area contributed by atoms with Crippen molar-refractivity contribution in [2.75, 3.05) is 5.75 Å². The second-order valence-corrected chi connectivity index (χ2v) is 6.93. The molecule has 0 aromatic heterocycles. The molecule has 1 aromatic carbocycles. The number of hydrogen-bond donors (Lipinski definition) is 1. The van der Waals surface area contributed by atoms with Crippen LogP contribution in [0.1, 0.15) is 18.4 Å². The summed E-state index contributed by atoms with van der Waals surface area (Å²) in [6.45, 7) is 0. The molecule has 1 aromatic rings. The fourth-order valence-electron chi connectivity index (χ4n) is 2.84. The predicted octanol–water partition coefficient (Wildman–Crippen LogP) is 2.42. The lowest BCUT2D eigenvalue weighted by molar-refractivity contribution is -0.148. The zero-order chi connectivity index (χ0) is 13.6. The second-order valence-electron chi connectivity index (χ2n) is 4.72. The summed E-state index contributed by atoms with van der Waals surface area (Å²) < 4.78 is 0.973. The topological polar surface area (TPSA) is 57.6 Å². The van der Waals surface area contributed by atoms with Crippen LogP contribution in [0.4, 0.5) is 0 Å². The molecule has 2 saturated heterocycles. The molecule has 19 heavy (non-hydrogen) atoms. The first-order valence-corrected chi connectivity index (χ1v) is 7.77. The first-order chi connectivity index (χ1) is 9.04. The minimum Gasteiger partial charge on any atom is -0.480 e. The van der Waals surface area contributed by atoms with Crippen LogP contribution in [0.2, 0.25) is 0 Å². The van der Waals surface area contributed by atoms with Gasteiger partial charge in [-0.3, -0.25) is 4.79 Å². The van der Waals surface area contributed by atoms with Crippen LogP contribution in [-0.2, 0) is 14.5 Å². The third kappa shape index (κ3) is 1.89. The molecule has 0 radical (unpaired) electrons. The summed E-state index contributed by atoms with van der Waals surface area (Å²) in [6, 6.07) is 7.09. The number of hydrogen-bond acceptors (Lipinski definition) is 3. The van der Waals surface area contributed by atoms with Gasteiger partial charge in [0.1, 0.15) is 10.9 Å². The predicted molar refractivity (Wildman–Crippen MR) is 75.8 cm³/mol. The lowest BCUT2D eigenvalue weighted by atomic mass is 10.0. The Kier molecular flexibility index (Phi) is 3.09. The molecule has 4 nitrogen and oxygen atoms in total. The van der Waals surface area contributed by atoms with Gasteiger partial charge in [-0.15, -0.1) is 11.8 Å². The SMILES string of the molecule is O=C(O)[C@H]1CS[C@@]2(c3ccc(Br)cc3)CCC(=O)N12. The first-order valence-electron chi connectivity index (χ1n) is 5.99. The van der Waals surface area contributed by atoms with Crippen LogP contribution >= 0.6 is 27.7 Å². The van der Waals surface area contributed by atoms with E-state index < -0.39 is 16.9 Å².